The van der Waals surface area contributed by atoms with E-state index in [2.05, 4.69) is 141 Å². The first-order valence-electron chi connectivity index (χ1n) is 15.1. The van der Waals surface area contributed by atoms with Crippen LogP contribution in [0.2, 0.25) is 0 Å². The highest BCUT2D eigenvalue weighted by atomic mass is 16.5. The number of nitrogens with one attached hydrogen (secondary N) is 1. The van der Waals surface area contributed by atoms with E-state index in [4.69, 9.17) is 9.47 Å². The predicted octanol–water partition coefficient (Wildman–Crippen LogP) is 9.33. The molecular formula is C39H37NO2. The highest BCUT2D eigenvalue weighted by Crippen LogP contribution is 2.57. The normalized spacial score (nSPS) is 17.8. The van der Waals surface area contributed by atoms with E-state index in [1.807, 2.05) is 0 Å². The Morgan fingerprint density at radius 3 is 2.21 bits per heavy atom. The van der Waals surface area contributed by atoms with Crippen LogP contribution in [0.25, 0.3) is 28.0 Å². The third-order valence-corrected chi connectivity index (χ3v) is 8.89. The fourth-order valence-corrected chi connectivity index (χ4v) is 6.91. The van der Waals surface area contributed by atoms with Gasteiger partial charge in [0.15, 0.2) is 5.60 Å². The summed E-state index contributed by atoms with van der Waals surface area (Å²) in [5, 5.41) is 5.88. The van der Waals surface area contributed by atoms with Crippen LogP contribution in [0, 0.1) is 0 Å². The number of anilines is 1. The summed E-state index contributed by atoms with van der Waals surface area (Å²) in [7, 11) is 0. The summed E-state index contributed by atoms with van der Waals surface area (Å²) in [6, 6.07) is 36.9. The molecule has 5 aromatic carbocycles. The number of rotatable bonds is 8. The maximum Gasteiger partial charge on any atom is 0.178 e. The van der Waals surface area contributed by atoms with Crippen LogP contribution in [-0.2, 0) is 15.8 Å². The van der Waals surface area contributed by atoms with E-state index in [-0.39, 0.29) is 5.41 Å². The molecule has 0 amide bonds. The molecule has 1 heterocycles. The quantitative estimate of drug-likeness (QED) is 0.195. The summed E-state index contributed by atoms with van der Waals surface area (Å²) >= 11 is 0. The van der Waals surface area contributed by atoms with Gasteiger partial charge in [-0.05, 0) is 52.3 Å². The van der Waals surface area contributed by atoms with Gasteiger partial charge in [-0.3, -0.25) is 0 Å². The van der Waals surface area contributed by atoms with Crippen molar-refractivity contribution in [3.8, 4) is 16.9 Å². The van der Waals surface area contributed by atoms with Gasteiger partial charge in [-0.2, -0.15) is 0 Å². The predicted molar refractivity (Wildman–Crippen MR) is 174 cm³/mol. The van der Waals surface area contributed by atoms with E-state index in [1.54, 1.807) is 0 Å². The first-order chi connectivity index (χ1) is 20.5. The molecule has 2 aliphatic rings. The first-order valence-corrected chi connectivity index (χ1v) is 15.1. The molecule has 1 atom stereocenters. The topological polar surface area (TPSA) is 30.5 Å². The van der Waals surface area contributed by atoms with Crippen LogP contribution >= 0.6 is 0 Å². The zero-order chi connectivity index (χ0) is 28.7. The number of fused-ring (bicyclic) bond motifs is 8. The van der Waals surface area contributed by atoms with E-state index in [0.29, 0.717) is 6.61 Å². The number of hydrogen-bond acceptors (Lipinski definition) is 3. The smallest absolute Gasteiger partial charge is 0.178 e. The minimum atomic E-state index is -0.760. The number of hydrogen-bond donors (Lipinski definition) is 1. The van der Waals surface area contributed by atoms with Crippen LogP contribution < -0.4 is 10.1 Å². The second-order valence-electron chi connectivity index (χ2n) is 11.9. The van der Waals surface area contributed by atoms with Crippen molar-refractivity contribution in [3.05, 3.63) is 137 Å². The molecule has 0 bridgehead atoms. The van der Waals surface area contributed by atoms with Gasteiger partial charge in [0.25, 0.3) is 0 Å². The van der Waals surface area contributed by atoms with Crippen molar-refractivity contribution >= 4 is 22.5 Å². The molecule has 0 saturated heterocycles. The lowest BCUT2D eigenvalue weighted by Gasteiger charge is -2.38. The molecule has 3 nitrogen and oxygen atoms in total. The SMILES string of the molecule is CCCOCCNc1ccc(C2(c3ccccc3)C=Cc3c4c(c5ccccc5c3O2)-c2ccccc2C4(C)C)cc1. The van der Waals surface area contributed by atoms with E-state index in [0.717, 1.165) is 47.5 Å². The maximum atomic E-state index is 7.36. The largest absolute Gasteiger partial charge is 0.472 e. The van der Waals surface area contributed by atoms with Crippen molar-refractivity contribution in [1.29, 1.82) is 0 Å². The lowest BCUT2D eigenvalue weighted by Crippen LogP contribution is -2.35. The van der Waals surface area contributed by atoms with Gasteiger partial charge in [0, 0.05) is 46.3 Å². The summed E-state index contributed by atoms with van der Waals surface area (Å²) in [5.41, 5.74) is 8.93. The lowest BCUT2D eigenvalue weighted by molar-refractivity contribution is 0.144. The molecule has 1 aliphatic carbocycles. The molecule has 3 heteroatoms. The third kappa shape index (κ3) is 4.15. The molecule has 1 aliphatic heterocycles. The number of ether oxygens (including phenoxy) is 2. The molecule has 1 unspecified atom stereocenters. The van der Waals surface area contributed by atoms with Gasteiger partial charge in [0.2, 0.25) is 0 Å². The summed E-state index contributed by atoms with van der Waals surface area (Å²) in [6.45, 7) is 9.10. The fourth-order valence-electron chi connectivity index (χ4n) is 6.91. The zero-order valence-electron chi connectivity index (χ0n) is 24.6. The molecule has 210 valence electrons. The standard InChI is InChI=1S/C39H37NO2/c1-4-25-41-26-24-40-29-20-18-28(19-21-29)39(27-12-6-5-7-13-27)23-22-33-36-35(30-14-8-9-15-31(30)37(33)42-39)32-16-10-11-17-34(32)38(36,2)3/h5-23,40H,4,24-26H2,1-3H3. The summed E-state index contributed by atoms with van der Waals surface area (Å²) in [5.74, 6) is 0.951. The Morgan fingerprint density at radius 2 is 1.43 bits per heavy atom. The first kappa shape index (κ1) is 26.6. The van der Waals surface area contributed by atoms with Crippen LogP contribution in [-0.4, -0.2) is 19.8 Å². The Hall–Kier alpha value is -4.34. The molecule has 5 aromatic rings. The van der Waals surface area contributed by atoms with Crippen LogP contribution in [0.4, 0.5) is 5.69 Å². The third-order valence-electron chi connectivity index (χ3n) is 8.89. The minimum absolute atomic E-state index is 0.144. The van der Waals surface area contributed by atoms with Gasteiger partial charge in [-0.25, -0.2) is 0 Å². The highest BCUT2D eigenvalue weighted by molar-refractivity contribution is 6.08. The van der Waals surface area contributed by atoms with Crippen molar-refractivity contribution in [2.24, 2.45) is 0 Å². The van der Waals surface area contributed by atoms with E-state index < -0.39 is 5.60 Å². The van der Waals surface area contributed by atoms with Crippen molar-refractivity contribution < 1.29 is 9.47 Å². The zero-order valence-corrected chi connectivity index (χ0v) is 24.6. The molecule has 1 N–H and O–H groups in total. The Kier molecular flexibility index (Phi) is 6.63. The maximum absolute atomic E-state index is 7.36. The van der Waals surface area contributed by atoms with Gasteiger partial charge in [-0.15, -0.1) is 0 Å². The monoisotopic (exact) mass is 551 g/mol. The lowest BCUT2D eigenvalue weighted by atomic mass is 9.77. The second kappa shape index (κ2) is 10.5. The minimum Gasteiger partial charge on any atom is -0.472 e. The Bertz CT molecular complexity index is 1790. The molecule has 7 rings (SSSR count). The second-order valence-corrected chi connectivity index (χ2v) is 11.9. The van der Waals surface area contributed by atoms with Crippen molar-refractivity contribution in [3.63, 3.8) is 0 Å². The highest BCUT2D eigenvalue weighted by Gasteiger charge is 2.44. The van der Waals surface area contributed by atoms with Crippen LogP contribution in [0.5, 0.6) is 5.75 Å². The van der Waals surface area contributed by atoms with Crippen LogP contribution in [0.3, 0.4) is 0 Å². The van der Waals surface area contributed by atoms with E-state index in [1.165, 1.54) is 33.2 Å². The molecule has 0 radical (unpaired) electrons. The molecule has 0 spiro atoms. The van der Waals surface area contributed by atoms with Gasteiger partial charge in [0.05, 0.1) is 6.61 Å². The molecular weight excluding hydrogens is 514 g/mol. The Labute approximate surface area is 248 Å². The van der Waals surface area contributed by atoms with Crippen molar-refractivity contribution in [2.75, 3.05) is 25.1 Å². The average molecular weight is 552 g/mol. The Morgan fingerprint density at radius 1 is 0.738 bits per heavy atom. The Balaban J connectivity index is 1.37. The average Bonchev–Trinajstić information content (AvgIpc) is 3.28. The summed E-state index contributed by atoms with van der Waals surface area (Å²) in [4.78, 5) is 0. The summed E-state index contributed by atoms with van der Waals surface area (Å²) in [6.07, 6.45) is 5.62. The fraction of sp³-hybridized carbons (Fsp3) is 0.231. The van der Waals surface area contributed by atoms with Crippen molar-refractivity contribution in [2.45, 2.75) is 38.2 Å². The molecule has 42 heavy (non-hydrogen) atoms. The van der Waals surface area contributed by atoms with Crippen LogP contribution in [0.1, 0.15) is 55.0 Å². The van der Waals surface area contributed by atoms with Gasteiger partial charge < -0.3 is 14.8 Å². The summed E-state index contributed by atoms with van der Waals surface area (Å²) < 4.78 is 13.0. The molecule has 0 fully saturated rings. The van der Waals surface area contributed by atoms with Crippen molar-refractivity contribution in [1.82, 2.24) is 0 Å². The van der Waals surface area contributed by atoms with E-state index in [9.17, 15) is 0 Å². The van der Waals surface area contributed by atoms with Gasteiger partial charge in [0.1, 0.15) is 5.75 Å². The van der Waals surface area contributed by atoms with Crippen LogP contribution in [0.15, 0.2) is 109 Å². The number of benzene rings is 5. The van der Waals surface area contributed by atoms with Gasteiger partial charge in [-0.1, -0.05) is 118 Å². The van der Waals surface area contributed by atoms with E-state index >= 15 is 0 Å². The van der Waals surface area contributed by atoms with Gasteiger partial charge >= 0.3 is 0 Å². The molecule has 0 aromatic heterocycles. The molecule has 0 saturated carbocycles.